The lowest BCUT2D eigenvalue weighted by molar-refractivity contribution is 0.866. The van der Waals surface area contributed by atoms with Crippen molar-refractivity contribution in [1.82, 2.24) is 9.97 Å². The number of nitriles is 1. The Morgan fingerprint density at radius 3 is 2.31 bits per heavy atom. The summed E-state index contributed by atoms with van der Waals surface area (Å²) >= 11 is 0. The highest BCUT2D eigenvalue weighted by atomic mass is 15.1. The Morgan fingerprint density at radius 1 is 0.931 bits per heavy atom. The van der Waals surface area contributed by atoms with Gasteiger partial charge >= 0.3 is 0 Å². The summed E-state index contributed by atoms with van der Waals surface area (Å²) in [4.78, 5) is 11.3. The molecule has 6 nitrogen and oxygen atoms in total. The van der Waals surface area contributed by atoms with Crippen LogP contribution >= 0.6 is 0 Å². The van der Waals surface area contributed by atoms with Crippen molar-refractivity contribution in [2.75, 3.05) is 28.6 Å². The summed E-state index contributed by atoms with van der Waals surface area (Å²) in [5.74, 6) is 2.05. The van der Waals surface area contributed by atoms with E-state index in [1.165, 1.54) is 5.69 Å². The molecule has 29 heavy (non-hydrogen) atoms. The van der Waals surface area contributed by atoms with Gasteiger partial charge in [0, 0.05) is 36.2 Å². The lowest BCUT2D eigenvalue weighted by Crippen LogP contribution is -2.21. The molecule has 0 aliphatic carbocycles. The van der Waals surface area contributed by atoms with E-state index >= 15 is 0 Å². The molecule has 0 atom stereocenters. The van der Waals surface area contributed by atoms with Crippen molar-refractivity contribution in [2.45, 2.75) is 27.7 Å². The SMILES string of the molecule is CCN(CC)c1ccc(Nc2cc(Nc3cccc(C#N)c3)nc(C)n2)c(C)c1. The van der Waals surface area contributed by atoms with Gasteiger partial charge in [-0.15, -0.1) is 0 Å². The van der Waals surface area contributed by atoms with E-state index in [1.54, 1.807) is 12.1 Å². The van der Waals surface area contributed by atoms with Crippen molar-refractivity contribution in [1.29, 1.82) is 5.26 Å². The van der Waals surface area contributed by atoms with E-state index in [0.29, 0.717) is 17.2 Å². The number of nitrogens with one attached hydrogen (secondary N) is 2. The summed E-state index contributed by atoms with van der Waals surface area (Å²) in [6, 6.07) is 17.7. The average Bonchev–Trinajstić information content (AvgIpc) is 2.70. The van der Waals surface area contributed by atoms with Gasteiger partial charge in [0.25, 0.3) is 0 Å². The molecule has 0 saturated carbocycles. The van der Waals surface area contributed by atoms with Crippen molar-refractivity contribution >= 4 is 28.7 Å². The van der Waals surface area contributed by atoms with Crippen LogP contribution < -0.4 is 15.5 Å². The lowest BCUT2D eigenvalue weighted by Gasteiger charge is -2.22. The van der Waals surface area contributed by atoms with Gasteiger partial charge in [0.05, 0.1) is 11.6 Å². The van der Waals surface area contributed by atoms with Crippen molar-refractivity contribution in [3.63, 3.8) is 0 Å². The van der Waals surface area contributed by atoms with E-state index < -0.39 is 0 Å². The van der Waals surface area contributed by atoms with Gasteiger partial charge in [-0.2, -0.15) is 5.26 Å². The molecule has 0 bridgehead atoms. The zero-order valence-electron chi connectivity index (χ0n) is 17.3. The van der Waals surface area contributed by atoms with Crippen LogP contribution in [0.5, 0.6) is 0 Å². The lowest BCUT2D eigenvalue weighted by atomic mass is 10.1. The van der Waals surface area contributed by atoms with Gasteiger partial charge in [0.1, 0.15) is 17.5 Å². The quantitative estimate of drug-likeness (QED) is 0.574. The molecule has 0 aliphatic heterocycles. The minimum Gasteiger partial charge on any atom is -0.372 e. The molecular formula is C23H26N6. The molecule has 148 valence electrons. The smallest absolute Gasteiger partial charge is 0.136 e. The summed E-state index contributed by atoms with van der Waals surface area (Å²) in [5.41, 5.74) is 4.80. The second-order valence-corrected chi connectivity index (χ2v) is 6.80. The second-order valence-electron chi connectivity index (χ2n) is 6.80. The predicted molar refractivity (Wildman–Crippen MR) is 119 cm³/mol. The van der Waals surface area contributed by atoms with Crippen LogP contribution in [0.4, 0.5) is 28.7 Å². The van der Waals surface area contributed by atoms with Gasteiger partial charge < -0.3 is 15.5 Å². The van der Waals surface area contributed by atoms with E-state index in [9.17, 15) is 0 Å². The summed E-state index contributed by atoms with van der Waals surface area (Å²) in [7, 11) is 0. The van der Waals surface area contributed by atoms with Crippen LogP contribution in [0, 0.1) is 25.2 Å². The first-order valence-electron chi connectivity index (χ1n) is 9.78. The standard InChI is InChI=1S/C23H26N6/c1-5-29(6-2)20-10-11-21(16(3)12-20)28-23-14-22(25-17(4)26-23)27-19-9-7-8-18(13-19)15-24/h7-14H,5-6H2,1-4H3,(H2,25,26,27,28). The Bertz CT molecular complexity index is 1030. The van der Waals surface area contributed by atoms with Gasteiger partial charge in [0.15, 0.2) is 0 Å². The first-order chi connectivity index (χ1) is 14.0. The normalized spacial score (nSPS) is 10.3. The summed E-state index contributed by atoms with van der Waals surface area (Å²) < 4.78 is 0. The van der Waals surface area contributed by atoms with E-state index in [0.717, 1.165) is 35.8 Å². The number of rotatable bonds is 7. The average molecular weight is 387 g/mol. The van der Waals surface area contributed by atoms with Crippen LogP contribution in [0.25, 0.3) is 0 Å². The number of anilines is 5. The number of benzene rings is 2. The predicted octanol–water partition coefficient (Wildman–Crippen LogP) is 5.30. The molecular weight excluding hydrogens is 360 g/mol. The van der Waals surface area contributed by atoms with Gasteiger partial charge in [-0.25, -0.2) is 9.97 Å². The molecule has 0 aliphatic rings. The summed E-state index contributed by atoms with van der Waals surface area (Å²) in [5, 5.41) is 15.7. The van der Waals surface area contributed by atoms with Gasteiger partial charge in [-0.3, -0.25) is 0 Å². The third kappa shape index (κ3) is 5.02. The molecule has 0 spiro atoms. The monoisotopic (exact) mass is 386 g/mol. The van der Waals surface area contributed by atoms with Crippen LogP contribution in [-0.2, 0) is 0 Å². The van der Waals surface area contributed by atoms with Gasteiger partial charge in [-0.05, 0) is 69.7 Å². The number of aryl methyl sites for hydroxylation is 2. The Labute approximate surface area is 172 Å². The fourth-order valence-corrected chi connectivity index (χ4v) is 3.22. The molecule has 0 amide bonds. The molecule has 0 saturated heterocycles. The summed E-state index contributed by atoms with van der Waals surface area (Å²) in [6.07, 6.45) is 0. The number of hydrogen-bond acceptors (Lipinski definition) is 6. The van der Waals surface area contributed by atoms with Crippen LogP contribution in [0.2, 0.25) is 0 Å². The molecule has 3 rings (SSSR count). The third-order valence-corrected chi connectivity index (χ3v) is 4.70. The highest BCUT2D eigenvalue weighted by Crippen LogP contribution is 2.26. The molecule has 2 aromatic carbocycles. The zero-order chi connectivity index (χ0) is 20.8. The number of hydrogen-bond donors (Lipinski definition) is 2. The Kier molecular flexibility index (Phi) is 6.30. The molecule has 2 N–H and O–H groups in total. The Morgan fingerprint density at radius 2 is 1.66 bits per heavy atom. The molecule has 3 aromatic rings. The summed E-state index contributed by atoms with van der Waals surface area (Å²) in [6.45, 7) is 10.2. The number of nitrogens with zero attached hydrogens (tertiary/aromatic N) is 4. The minimum absolute atomic E-state index is 0.600. The molecule has 0 unspecified atom stereocenters. The van der Waals surface area contributed by atoms with E-state index in [1.807, 2.05) is 25.1 Å². The second kappa shape index (κ2) is 9.07. The highest BCUT2D eigenvalue weighted by Gasteiger charge is 2.08. The third-order valence-electron chi connectivity index (χ3n) is 4.70. The van der Waals surface area contributed by atoms with Gasteiger partial charge in [0.2, 0.25) is 0 Å². The van der Waals surface area contributed by atoms with E-state index in [4.69, 9.17) is 5.26 Å². The number of aromatic nitrogens is 2. The maximum atomic E-state index is 9.08. The zero-order valence-corrected chi connectivity index (χ0v) is 17.3. The van der Waals surface area contributed by atoms with E-state index in [-0.39, 0.29) is 0 Å². The molecule has 1 aromatic heterocycles. The molecule has 0 fully saturated rings. The van der Waals surface area contributed by atoms with Crippen LogP contribution in [0.15, 0.2) is 48.5 Å². The fourth-order valence-electron chi connectivity index (χ4n) is 3.22. The Hall–Kier alpha value is -3.59. The molecule has 1 heterocycles. The van der Waals surface area contributed by atoms with Crippen molar-refractivity contribution in [2.24, 2.45) is 0 Å². The maximum Gasteiger partial charge on any atom is 0.136 e. The first-order valence-corrected chi connectivity index (χ1v) is 9.78. The fraction of sp³-hybridized carbons (Fsp3) is 0.261. The topological polar surface area (TPSA) is 76.9 Å². The Balaban J connectivity index is 1.82. The van der Waals surface area contributed by atoms with Crippen LogP contribution in [-0.4, -0.2) is 23.1 Å². The van der Waals surface area contributed by atoms with Gasteiger partial charge in [-0.1, -0.05) is 6.07 Å². The molecule has 0 radical (unpaired) electrons. The maximum absolute atomic E-state index is 9.08. The van der Waals surface area contributed by atoms with Crippen molar-refractivity contribution in [3.8, 4) is 6.07 Å². The molecule has 6 heteroatoms. The minimum atomic E-state index is 0.600. The highest BCUT2D eigenvalue weighted by molar-refractivity contribution is 5.68. The van der Waals surface area contributed by atoms with Crippen molar-refractivity contribution in [3.05, 3.63) is 65.5 Å². The van der Waals surface area contributed by atoms with Crippen LogP contribution in [0.3, 0.4) is 0 Å². The van der Waals surface area contributed by atoms with E-state index in [2.05, 4.69) is 70.5 Å². The van der Waals surface area contributed by atoms with Crippen LogP contribution in [0.1, 0.15) is 30.8 Å². The first kappa shape index (κ1) is 20.2. The largest absolute Gasteiger partial charge is 0.372 e. The van der Waals surface area contributed by atoms with Crippen molar-refractivity contribution < 1.29 is 0 Å².